The number of aliphatic hydroxyl groups is 1. The summed E-state index contributed by atoms with van der Waals surface area (Å²) in [5, 5.41) is 12.3. The zero-order chi connectivity index (χ0) is 12.7. The van der Waals surface area contributed by atoms with E-state index in [1.807, 2.05) is 24.4 Å². The minimum absolute atomic E-state index is 0.351. The maximum absolute atomic E-state index is 13.7. The quantitative estimate of drug-likeness (QED) is 0.732. The van der Waals surface area contributed by atoms with E-state index in [9.17, 15) is 9.50 Å². The second-order valence-corrected chi connectivity index (χ2v) is 6.29. The molecule has 1 nitrogen and oxygen atoms in total. The number of hydrogen-bond donors (Lipinski definition) is 1. The van der Waals surface area contributed by atoms with Gasteiger partial charge in [-0.15, -0.1) is 22.7 Å². The predicted octanol–water partition coefficient (Wildman–Crippen LogP) is 4.49. The smallest absolute Gasteiger partial charge is 0.129 e. The van der Waals surface area contributed by atoms with Crippen molar-refractivity contribution in [2.45, 2.75) is 13.0 Å². The van der Waals surface area contributed by atoms with E-state index in [1.165, 1.54) is 17.4 Å². The van der Waals surface area contributed by atoms with Crippen molar-refractivity contribution in [2.75, 3.05) is 0 Å². The number of benzene rings is 1. The Balaban J connectivity index is 2.05. The van der Waals surface area contributed by atoms with Crippen LogP contribution in [-0.2, 0) is 0 Å². The van der Waals surface area contributed by atoms with Gasteiger partial charge in [-0.05, 0) is 30.5 Å². The van der Waals surface area contributed by atoms with Gasteiger partial charge in [0.25, 0.3) is 0 Å². The van der Waals surface area contributed by atoms with E-state index in [1.54, 1.807) is 23.5 Å². The largest absolute Gasteiger partial charge is 0.383 e. The maximum atomic E-state index is 13.7. The van der Waals surface area contributed by atoms with Crippen molar-refractivity contribution in [1.82, 2.24) is 0 Å². The molecule has 2 aromatic heterocycles. The summed E-state index contributed by atoms with van der Waals surface area (Å²) >= 11 is 3.15. The Morgan fingerprint density at radius 2 is 2.00 bits per heavy atom. The van der Waals surface area contributed by atoms with Crippen molar-refractivity contribution in [2.24, 2.45) is 0 Å². The van der Waals surface area contributed by atoms with Crippen LogP contribution in [-0.4, -0.2) is 5.11 Å². The average molecular weight is 278 g/mol. The lowest BCUT2D eigenvalue weighted by molar-refractivity contribution is 0.219. The molecule has 0 aliphatic carbocycles. The number of aliphatic hydroxyl groups excluding tert-OH is 1. The lowest BCUT2D eigenvalue weighted by atomic mass is 10.0. The molecule has 0 aliphatic rings. The van der Waals surface area contributed by atoms with Crippen LogP contribution in [0.3, 0.4) is 0 Å². The molecule has 18 heavy (non-hydrogen) atoms. The predicted molar refractivity (Wildman–Crippen MR) is 74.9 cm³/mol. The molecule has 0 radical (unpaired) electrons. The molecule has 0 fully saturated rings. The summed E-state index contributed by atoms with van der Waals surface area (Å²) in [5.41, 5.74) is 1.30. The monoisotopic (exact) mass is 278 g/mol. The summed E-state index contributed by atoms with van der Waals surface area (Å²) in [6.45, 7) is 1.89. The Bertz CT molecular complexity index is 670. The Morgan fingerprint density at radius 3 is 2.78 bits per heavy atom. The van der Waals surface area contributed by atoms with Crippen molar-refractivity contribution >= 4 is 32.1 Å². The average Bonchev–Trinajstić information content (AvgIpc) is 2.91. The van der Waals surface area contributed by atoms with E-state index in [0.29, 0.717) is 5.56 Å². The first kappa shape index (κ1) is 11.8. The molecule has 1 aromatic carbocycles. The molecule has 1 atom stereocenters. The van der Waals surface area contributed by atoms with Gasteiger partial charge < -0.3 is 5.11 Å². The molecule has 0 spiro atoms. The number of rotatable bonds is 2. The molecule has 2 heterocycles. The highest BCUT2D eigenvalue weighted by Gasteiger charge is 2.18. The van der Waals surface area contributed by atoms with E-state index in [-0.39, 0.29) is 5.82 Å². The van der Waals surface area contributed by atoms with Crippen molar-refractivity contribution < 1.29 is 9.50 Å². The highest BCUT2D eigenvalue weighted by Crippen LogP contribution is 2.36. The summed E-state index contributed by atoms with van der Waals surface area (Å²) < 4.78 is 16.0. The van der Waals surface area contributed by atoms with Crippen LogP contribution in [0.5, 0.6) is 0 Å². The first-order valence-corrected chi connectivity index (χ1v) is 7.26. The molecule has 0 aliphatic heterocycles. The van der Waals surface area contributed by atoms with E-state index in [0.717, 1.165) is 19.8 Å². The van der Waals surface area contributed by atoms with Crippen molar-refractivity contribution in [3.63, 3.8) is 0 Å². The Hall–Kier alpha value is -1.23. The number of aryl methyl sites for hydroxylation is 1. The van der Waals surface area contributed by atoms with Gasteiger partial charge in [-0.2, -0.15) is 0 Å². The van der Waals surface area contributed by atoms with E-state index < -0.39 is 6.10 Å². The third-order valence-corrected chi connectivity index (χ3v) is 5.02. The van der Waals surface area contributed by atoms with E-state index in [2.05, 4.69) is 0 Å². The Labute approximate surface area is 112 Å². The molecule has 1 N–H and O–H groups in total. The number of halogens is 1. The van der Waals surface area contributed by atoms with Gasteiger partial charge in [0, 0.05) is 19.8 Å². The van der Waals surface area contributed by atoms with Gasteiger partial charge in [-0.25, -0.2) is 4.39 Å². The van der Waals surface area contributed by atoms with E-state index in [4.69, 9.17) is 0 Å². The van der Waals surface area contributed by atoms with Crippen LogP contribution in [0.25, 0.3) is 9.40 Å². The first-order chi connectivity index (χ1) is 8.65. The molecule has 0 bridgehead atoms. The SMILES string of the molecule is Cc1ccc(F)c(C(O)c2cc3sccc3s2)c1. The van der Waals surface area contributed by atoms with E-state index >= 15 is 0 Å². The van der Waals surface area contributed by atoms with Gasteiger partial charge in [0.1, 0.15) is 11.9 Å². The maximum Gasteiger partial charge on any atom is 0.129 e. The molecule has 3 rings (SSSR count). The fraction of sp³-hybridized carbons (Fsp3) is 0.143. The molecular formula is C14H11FOS2. The Kier molecular flexibility index (Phi) is 2.93. The van der Waals surface area contributed by atoms with Crippen LogP contribution < -0.4 is 0 Å². The normalized spacial score (nSPS) is 13.1. The highest BCUT2D eigenvalue weighted by molar-refractivity contribution is 7.26. The van der Waals surface area contributed by atoms with Crippen LogP contribution in [0.15, 0.2) is 35.7 Å². The molecule has 0 saturated carbocycles. The second-order valence-electron chi connectivity index (χ2n) is 4.23. The second kappa shape index (κ2) is 4.46. The zero-order valence-electron chi connectivity index (χ0n) is 9.68. The summed E-state index contributed by atoms with van der Waals surface area (Å²) in [7, 11) is 0. The number of fused-ring (bicyclic) bond motifs is 1. The fourth-order valence-corrected chi connectivity index (χ4v) is 4.07. The van der Waals surface area contributed by atoms with Gasteiger partial charge in [0.15, 0.2) is 0 Å². The van der Waals surface area contributed by atoms with Gasteiger partial charge in [-0.3, -0.25) is 0 Å². The molecule has 0 saturated heterocycles. The standard InChI is InChI=1S/C14H11FOS2/c1-8-2-3-10(15)9(6-8)14(16)13-7-12-11(18-13)4-5-17-12/h2-7,14,16H,1H3. The molecule has 92 valence electrons. The summed E-state index contributed by atoms with van der Waals surface area (Å²) in [6.07, 6.45) is -0.880. The van der Waals surface area contributed by atoms with Crippen LogP contribution in [0.2, 0.25) is 0 Å². The van der Waals surface area contributed by atoms with Gasteiger partial charge in [-0.1, -0.05) is 17.7 Å². The number of thiophene rings is 2. The zero-order valence-corrected chi connectivity index (χ0v) is 11.3. The highest BCUT2D eigenvalue weighted by atomic mass is 32.1. The minimum atomic E-state index is -0.880. The molecule has 3 aromatic rings. The molecule has 1 unspecified atom stereocenters. The minimum Gasteiger partial charge on any atom is -0.383 e. The van der Waals surface area contributed by atoms with Crippen LogP contribution in [0.4, 0.5) is 4.39 Å². The van der Waals surface area contributed by atoms with Gasteiger partial charge >= 0.3 is 0 Å². The van der Waals surface area contributed by atoms with Crippen molar-refractivity contribution in [3.8, 4) is 0 Å². The van der Waals surface area contributed by atoms with Crippen LogP contribution in [0.1, 0.15) is 22.1 Å². The van der Waals surface area contributed by atoms with Crippen LogP contribution in [0, 0.1) is 12.7 Å². The lowest BCUT2D eigenvalue weighted by Crippen LogP contribution is -2.00. The van der Waals surface area contributed by atoms with Gasteiger partial charge in [0.05, 0.1) is 0 Å². The molecule has 4 heteroatoms. The molecular weight excluding hydrogens is 267 g/mol. The third kappa shape index (κ3) is 1.96. The summed E-state index contributed by atoms with van der Waals surface area (Å²) in [6, 6.07) is 8.78. The third-order valence-electron chi connectivity index (χ3n) is 2.87. The van der Waals surface area contributed by atoms with Crippen LogP contribution >= 0.6 is 22.7 Å². The fourth-order valence-electron chi connectivity index (χ4n) is 1.95. The number of hydrogen-bond acceptors (Lipinski definition) is 3. The lowest BCUT2D eigenvalue weighted by Gasteiger charge is -2.10. The summed E-state index contributed by atoms with van der Waals surface area (Å²) in [5.74, 6) is -0.357. The molecule has 0 amide bonds. The summed E-state index contributed by atoms with van der Waals surface area (Å²) in [4.78, 5) is 0.793. The first-order valence-electron chi connectivity index (χ1n) is 5.56. The Morgan fingerprint density at radius 1 is 1.17 bits per heavy atom. The van der Waals surface area contributed by atoms with Gasteiger partial charge in [0.2, 0.25) is 0 Å². The van der Waals surface area contributed by atoms with Crippen molar-refractivity contribution in [3.05, 3.63) is 57.5 Å². The topological polar surface area (TPSA) is 20.2 Å². The van der Waals surface area contributed by atoms with Crippen molar-refractivity contribution in [1.29, 1.82) is 0 Å².